The number of aliphatic hydroxyl groups is 1. The second-order valence-corrected chi connectivity index (χ2v) is 13.5. The SMILES string of the molecule is CCOC(=O)C1(C#N)C(c2ccc(Cl)cc2)CC(O)(c2ccc(Br)cc2)C(C(=O)c2ccc(Br)cc2)C1c1ccc(Cl)cc1. The van der Waals surface area contributed by atoms with Crippen LogP contribution in [0, 0.1) is 22.7 Å². The fourth-order valence-electron chi connectivity index (χ4n) is 6.47. The first-order valence-corrected chi connectivity index (χ1v) is 16.3. The molecule has 4 aromatic rings. The van der Waals surface area contributed by atoms with Gasteiger partial charge in [0.15, 0.2) is 11.2 Å². The van der Waals surface area contributed by atoms with Crippen LogP contribution in [0.2, 0.25) is 10.0 Å². The molecule has 1 aliphatic rings. The highest BCUT2D eigenvalue weighted by molar-refractivity contribution is 9.10. The van der Waals surface area contributed by atoms with Crippen molar-refractivity contribution in [1.82, 2.24) is 0 Å². The molecule has 9 heteroatoms. The molecule has 5 unspecified atom stereocenters. The Balaban J connectivity index is 1.89. The molecule has 4 aromatic carbocycles. The van der Waals surface area contributed by atoms with Gasteiger partial charge in [-0.05, 0) is 78.6 Å². The van der Waals surface area contributed by atoms with E-state index < -0.39 is 40.5 Å². The van der Waals surface area contributed by atoms with Crippen molar-refractivity contribution in [3.05, 3.63) is 138 Å². The van der Waals surface area contributed by atoms with Crippen LogP contribution < -0.4 is 0 Å². The van der Waals surface area contributed by atoms with Crippen molar-refractivity contribution < 1.29 is 19.4 Å². The van der Waals surface area contributed by atoms with E-state index in [9.17, 15) is 20.0 Å². The van der Waals surface area contributed by atoms with Gasteiger partial charge in [-0.2, -0.15) is 5.26 Å². The molecule has 1 N–H and O–H groups in total. The quantitative estimate of drug-likeness (QED) is 0.150. The van der Waals surface area contributed by atoms with Gasteiger partial charge in [0.1, 0.15) is 5.60 Å². The van der Waals surface area contributed by atoms with Crippen molar-refractivity contribution >= 4 is 66.8 Å². The second-order valence-electron chi connectivity index (χ2n) is 10.8. The number of carbonyl (C=O) groups excluding carboxylic acids is 2. The van der Waals surface area contributed by atoms with Gasteiger partial charge in [-0.1, -0.05) is 104 Å². The van der Waals surface area contributed by atoms with E-state index in [4.69, 9.17) is 27.9 Å². The topological polar surface area (TPSA) is 87.4 Å². The monoisotopic (exact) mass is 753 g/mol. The highest BCUT2D eigenvalue weighted by atomic mass is 79.9. The summed E-state index contributed by atoms with van der Waals surface area (Å²) in [5.74, 6) is -4.51. The first kappa shape index (κ1) is 32.4. The Kier molecular flexibility index (Phi) is 9.69. The van der Waals surface area contributed by atoms with Gasteiger partial charge in [0.2, 0.25) is 0 Å². The molecular formula is C35H27Br2Cl2NO4. The van der Waals surface area contributed by atoms with E-state index in [1.165, 1.54) is 0 Å². The number of carbonyl (C=O) groups is 2. The number of Topliss-reactive ketones (excluding diaryl/α,β-unsaturated/α-hetero) is 1. The Hall–Kier alpha value is -2.99. The Bertz CT molecular complexity index is 1710. The Morgan fingerprint density at radius 1 is 0.864 bits per heavy atom. The van der Waals surface area contributed by atoms with Crippen LogP contribution in [0.5, 0.6) is 0 Å². The van der Waals surface area contributed by atoms with Crippen molar-refractivity contribution in [2.24, 2.45) is 11.3 Å². The van der Waals surface area contributed by atoms with Crippen molar-refractivity contribution in [1.29, 1.82) is 5.26 Å². The van der Waals surface area contributed by atoms with Crippen LogP contribution in [0.15, 0.2) is 106 Å². The minimum absolute atomic E-state index is 0.0191. The van der Waals surface area contributed by atoms with Gasteiger partial charge in [-0.15, -0.1) is 0 Å². The first-order chi connectivity index (χ1) is 21.0. The number of esters is 1. The van der Waals surface area contributed by atoms with Gasteiger partial charge >= 0.3 is 5.97 Å². The summed E-state index contributed by atoms with van der Waals surface area (Å²) in [4.78, 5) is 29.1. The molecule has 1 saturated carbocycles. The van der Waals surface area contributed by atoms with Gasteiger partial charge in [0.05, 0.1) is 18.6 Å². The number of ketones is 1. The Labute approximate surface area is 283 Å². The number of benzene rings is 4. The zero-order valence-electron chi connectivity index (χ0n) is 23.5. The number of ether oxygens (including phenoxy) is 1. The molecule has 44 heavy (non-hydrogen) atoms. The zero-order chi connectivity index (χ0) is 31.6. The largest absolute Gasteiger partial charge is 0.465 e. The van der Waals surface area contributed by atoms with Crippen LogP contribution in [-0.2, 0) is 15.1 Å². The number of rotatable bonds is 7. The number of nitrogens with zero attached hydrogens (tertiary/aromatic N) is 1. The maximum atomic E-state index is 14.8. The maximum Gasteiger partial charge on any atom is 0.327 e. The summed E-state index contributed by atoms with van der Waals surface area (Å²) in [7, 11) is 0. The lowest BCUT2D eigenvalue weighted by atomic mass is 9.47. The number of halogens is 4. The lowest BCUT2D eigenvalue weighted by Gasteiger charge is -2.54. The average Bonchev–Trinajstić information content (AvgIpc) is 3.02. The summed E-state index contributed by atoms with van der Waals surface area (Å²) >= 11 is 19.4. The minimum Gasteiger partial charge on any atom is -0.465 e. The van der Waals surface area contributed by atoms with Gasteiger partial charge in [0.25, 0.3) is 0 Å². The number of nitriles is 1. The van der Waals surface area contributed by atoms with Crippen molar-refractivity contribution in [2.45, 2.75) is 30.8 Å². The standard InChI is InChI=1S/C35H27Br2Cl2NO4/c1-2-44-33(42)34(20-40)29(21-5-15-27(38)16-6-21)19-35(43,24-9-13-26(37)14-10-24)31(30(34)22-7-17-28(39)18-8-22)32(41)23-3-11-25(36)12-4-23/h3-18,29-31,43H,2,19H2,1H3. The van der Waals surface area contributed by atoms with Crippen molar-refractivity contribution in [2.75, 3.05) is 6.61 Å². The highest BCUT2D eigenvalue weighted by Crippen LogP contribution is 2.64. The average molecular weight is 756 g/mol. The molecule has 0 bridgehead atoms. The number of hydrogen-bond acceptors (Lipinski definition) is 5. The summed E-state index contributed by atoms with van der Waals surface area (Å²) in [5.41, 5.74) is -1.85. The third-order valence-electron chi connectivity index (χ3n) is 8.46. The highest BCUT2D eigenvalue weighted by Gasteiger charge is 2.67. The third kappa shape index (κ3) is 5.87. The second kappa shape index (κ2) is 13.2. The van der Waals surface area contributed by atoms with E-state index in [1.54, 1.807) is 104 Å². The molecule has 0 saturated heterocycles. The molecule has 5 nitrogen and oxygen atoms in total. The molecule has 1 aliphatic carbocycles. The zero-order valence-corrected chi connectivity index (χ0v) is 28.2. The summed E-state index contributed by atoms with van der Waals surface area (Å²) in [5, 5.41) is 25.1. The smallest absolute Gasteiger partial charge is 0.327 e. The molecular weight excluding hydrogens is 729 g/mol. The van der Waals surface area contributed by atoms with Crippen LogP contribution in [0.3, 0.4) is 0 Å². The molecule has 224 valence electrons. The molecule has 0 spiro atoms. The van der Waals surface area contributed by atoms with E-state index >= 15 is 0 Å². The lowest BCUT2D eigenvalue weighted by molar-refractivity contribution is -0.164. The Morgan fingerprint density at radius 2 is 1.36 bits per heavy atom. The maximum absolute atomic E-state index is 14.8. The molecule has 0 aliphatic heterocycles. The number of hydrogen-bond donors (Lipinski definition) is 1. The van der Waals surface area contributed by atoms with Crippen molar-refractivity contribution in [3.8, 4) is 6.07 Å². The summed E-state index contributed by atoms with van der Waals surface area (Å²) in [6.07, 6.45) is -0.125. The molecule has 5 atom stereocenters. The minimum atomic E-state index is -1.92. The van der Waals surface area contributed by atoms with Crippen LogP contribution in [0.4, 0.5) is 0 Å². The molecule has 5 rings (SSSR count). The van der Waals surface area contributed by atoms with Gasteiger partial charge in [-0.25, -0.2) is 0 Å². The van der Waals surface area contributed by atoms with E-state index in [0.29, 0.717) is 32.3 Å². The molecule has 1 fully saturated rings. The fourth-order valence-corrected chi connectivity index (χ4v) is 7.25. The molecule has 0 amide bonds. The summed E-state index contributed by atoms with van der Waals surface area (Å²) in [6.45, 7) is 1.69. The molecule has 0 heterocycles. The third-order valence-corrected chi connectivity index (χ3v) is 10.0. The van der Waals surface area contributed by atoms with E-state index in [0.717, 1.165) is 8.95 Å². The first-order valence-electron chi connectivity index (χ1n) is 13.9. The molecule has 0 aromatic heterocycles. The van der Waals surface area contributed by atoms with Crippen molar-refractivity contribution in [3.63, 3.8) is 0 Å². The fraction of sp³-hybridized carbons (Fsp3) is 0.229. The van der Waals surface area contributed by atoms with Crippen LogP contribution in [0.1, 0.15) is 52.2 Å². The van der Waals surface area contributed by atoms with Crippen LogP contribution in [-0.4, -0.2) is 23.5 Å². The Morgan fingerprint density at radius 3 is 1.86 bits per heavy atom. The van der Waals surface area contributed by atoms with Gasteiger partial charge in [0, 0.05) is 36.4 Å². The predicted octanol–water partition coefficient (Wildman–Crippen LogP) is 9.25. The normalized spacial score (nSPS) is 24.7. The lowest BCUT2D eigenvalue weighted by Crippen LogP contribution is -2.59. The van der Waals surface area contributed by atoms with Gasteiger partial charge in [-0.3, -0.25) is 9.59 Å². The summed E-state index contributed by atoms with van der Waals surface area (Å²) < 4.78 is 7.21. The van der Waals surface area contributed by atoms with E-state index in [1.807, 2.05) is 0 Å². The summed E-state index contributed by atoms with van der Waals surface area (Å²) in [6, 6.07) is 29.8. The van der Waals surface area contributed by atoms with Gasteiger partial charge < -0.3 is 9.84 Å². The van der Waals surface area contributed by atoms with E-state index in [-0.39, 0.29) is 13.0 Å². The van der Waals surface area contributed by atoms with E-state index in [2.05, 4.69) is 37.9 Å². The van der Waals surface area contributed by atoms with Crippen LogP contribution >= 0.6 is 55.1 Å². The predicted molar refractivity (Wildman–Crippen MR) is 178 cm³/mol. The molecule has 0 radical (unpaired) electrons. The van der Waals surface area contributed by atoms with Crippen LogP contribution in [0.25, 0.3) is 0 Å².